The maximum Gasteiger partial charge on any atom is 0.234 e. The molecule has 1 aliphatic rings. The van der Waals surface area contributed by atoms with Crippen molar-refractivity contribution in [3.63, 3.8) is 0 Å². The number of nitrogens with one attached hydrogen (secondary N) is 3. The third kappa shape index (κ3) is 6.36. The van der Waals surface area contributed by atoms with Gasteiger partial charge in [-0.1, -0.05) is 0 Å². The van der Waals surface area contributed by atoms with Crippen LogP contribution in [-0.4, -0.2) is 51.2 Å². The van der Waals surface area contributed by atoms with Gasteiger partial charge < -0.3 is 15.4 Å². The van der Waals surface area contributed by atoms with Gasteiger partial charge in [0.25, 0.3) is 0 Å². The first-order valence-corrected chi connectivity index (χ1v) is 5.48. The summed E-state index contributed by atoms with van der Waals surface area (Å²) in [7, 11) is 1.58. The number of hydrogen-bond acceptors (Lipinski definition) is 4. The molecule has 0 unspecified atom stereocenters. The lowest BCUT2D eigenvalue weighted by molar-refractivity contribution is -0.121. The van der Waals surface area contributed by atoms with Crippen molar-refractivity contribution in [1.82, 2.24) is 16.0 Å². The lowest BCUT2D eigenvalue weighted by Crippen LogP contribution is -2.40. The molecule has 1 aliphatic carbocycles. The molecule has 2 amide bonds. The highest BCUT2D eigenvalue weighted by atomic mass is 16.5. The van der Waals surface area contributed by atoms with E-state index in [-0.39, 0.29) is 24.9 Å². The van der Waals surface area contributed by atoms with Crippen LogP contribution in [-0.2, 0) is 14.3 Å². The first-order chi connectivity index (χ1) is 7.72. The summed E-state index contributed by atoms with van der Waals surface area (Å²) < 4.78 is 4.79. The van der Waals surface area contributed by atoms with Crippen molar-refractivity contribution in [3.05, 3.63) is 0 Å². The Kier molecular flexibility index (Phi) is 5.81. The van der Waals surface area contributed by atoms with Crippen LogP contribution in [0.25, 0.3) is 0 Å². The lowest BCUT2D eigenvalue weighted by atomic mass is 10.5. The Bertz CT molecular complexity index is 241. The largest absolute Gasteiger partial charge is 0.383 e. The van der Waals surface area contributed by atoms with Gasteiger partial charge in [0.2, 0.25) is 11.8 Å². The second kappa shape index (κ2) is 7.19. The predicted octanol–water partition coefficient (Wildman–Crippen LogP) is -1.38. The fraction of sp³-hybridized carbons (Fsp3) is 0.800. The monoisotopic (exact) mass is 229 g/mol. The molecule has 3 N–H and O–H groups in total. The summed E-state index contributed by atoms with van der Waals surface area (Å²) in [5.41, 5.74) is 0. The molecule has 6 heteroatoms. The summed E-state index contributed by atoms with van der Waals surface area (Å²) in [6, 6.07) is 0.366. The van der Waals surface area contributed by atoms with E-state index in [1.54, 1.807) is 7.11 Å². The van der Waals surface area contributed by atoms with E-state index in [4.69, 9.17) is 4.74 Å². The Morgan fingerprint density at radius 3 is 2.56 bits per heavy atom. The number of carbonyl (C=O) groups excluding carboxylic acids is 2. The number of hydrogen-bond donors (Lipinski definition) is 3. The molecule has 0 bridgehead atoms. The summed E-state index contributed by atoms with van der Waals surface area (Å²) in [4.78, 5) is 22.4. The minimum Gasteiger partial charge on any atom is -0.383 e. The van der Waals surface area contributed by atoms with E-state index in [2.05, 4.69) is 16.0 Å². The summed E-state index contributed by atoms with van der Waals surface area (Å²) in [5.74, 6) is -0.177. The first-order valence-electron chi connectivity index (χ1n) is 5.48. The van der Waals surface area contributed by atoms with Gasteiger partial charge in [0.05, 0.1) is 19.7 Å². The van der Waals surface area contributed by atoms with Gasteiger partial charge in [-0.15, -0.1) is 0 Å². The van der Waals surface area contributed by atoms with Crippen LogP contribution in [0.2, 0.25) is 0 Å². The molecule has 1 fully saturated rings. The fourth-order valence-corrected chi connectivity index (χ4v) is 1.15. The summed E-state index contributed by atoms with van der Waals surface area (Å²) >= 11 is 0. The van der Waals surface area contributed by atoms with E-state index in [0.717, 1.165) is 12.8 Å². The fourth-order valence-electron chi connectivity index (χ4n) is 1.15. The lowest BCUT2D eigenvalue weighted by Gasteiger charge is -2.06. The Morgan fingerprint density at radius 1 is 1.25 bits per heavy atom. The standard InChI is InChI=1S/C10H19N3O3/c1-16-5-4-12-9(14)6-11-7-10(15)13-8-2-3-8/h8,11H,2-7H2,1H3,(H,12,14)(H,13,15). The number of rotatable bonds is 8. The molecule has 1 saturated carbocycles. The maximum absolute atomic E-state index is 11.2. The minimum atomic E-state index is -0.128. The zero-order valence-corrected chi connectivity index (χ0v) is 9.54. The highest BCUT2D eigenvalue weighted by Gasteiger charge is 2.22. The Morgan fingerprint density at radius 2 is 1.94 bits per heavy atom. The normalized spacial score (nSPS) is 14.6. The highest BCUT2D eigenvalue weighted by molar-refractivity contribution is 5.81. The number of carbonyl (C=O) groups is 2. The summed E-state index contributed by atoms with van der Waals surface area (Å²) in [5, 5.41) is 8.26. The Balaban J connectivity index is 1.92. The van der Waals surface area contributed by atoms with Crippen molar-refractivity contribution in [1.29, 1.82) is 0 Å². The second-order valence-electron chi connectivity index (χ2n) is 3.79. The van der Waals surface area contributed by atoms with Crippen molar-refractivity contribution in [2.45, 2.75) is 18.9 Å². The SMILES string of the molecule is COCCNC(=O)CNCC(=O)NC1CC1. The maximum atomic E-state index is 11.2. The molecule has 92 valence electrons. The van der Waals surface area contributed by atoms with Gasteiger partial charge in [-0.25, -0.2) is 0 Å². The van der Waals surface area contributed by atoms with Gasteiger partial charge in [0.1, 0.15) is 0 Å². The van der Waals surface area contributed by atoms with E-state index in [9.17, 15) is 9.59 Å². The summed E-state index contributed by atoms with van der Waals surface area (Å²) in [6.07, 6.45) is 2.15. The van der Waals surface area contributed by atoms with Crippen LogP contribution in [0.1, 0.15) is 12.8 Å². The first kappa shape index (κ1) is 12.9. The zero-order chi connectivity index (χ0) is 11.8. The highest BCUT2D eigenvalue weighted by Crippen LogP contribution is 2.17. The van der Waals surface area contributed by atoms with E-state index in [0.29, 0.717) is 19.2 Å². The van der Waals surface area contributed by atoms with Crippen molar-refractivity contribution in [2.75, 3.05) is 33.4 Å². The molecule has 0 spiro atoms. The average molecular weight is 229 g/mol. The van der Waals surface area contributed by atoms with Gasteiger partial charge in [-0.2, -0.15) is 0 Å². The molecule has 0 aromatic rings. The van der Waals surface area contributed by atoms with Crippen LogP contribution in [0.4, 0.5) is 0 Å². The molecule has 0 saturated heterocycles. The van der Waals surface area contributed by atoms with Crippen molar-refractivity contribution >= 4 is 11.8 Å². The molecule has 0 heterocycles. The second-order valence-corrected chi connectivity index (χ2v) is 3.79. The molecule has 0 aromatic carbocycles. The van der Waals surface area contributed by atoms with E-state index >= 15 is 0 Å². The van der Waals surface area contributed by atoms with Crippen LogP contribution in [0.3, 0.4) is 0 Å². The van der Waals surface area contributed by atoms with Crippen molar-refractivity contribution < 1.29 is 14.3 Å². The average Bonchev–Trinajstić information content (AvgIpc) is 3.02. The molecule has 0 radical (unpaired) electrons. The van der Waals surface area contributed by atoms with Gasteiger partial charge in [0.15, 0.2) is 0 Å². The Hall–Kier alpha value is -1.14. The number of ether oxygens (including phenoxy) is 1. The van der Waals surface area contributed by atoms with Crippen LogP contribution >= 0.6 is 0 Å². The summed E-state index contributed by atoms with van der Waals surface area (Å²) in [6.45, 7) is 1.33. The number of amides is 2. The van der Waals surface area contributed by atoms with E-state index in [1.165, 1.54) is 0 Å². The molecule has 6 nitrogen and oxygen atoms in total. The number of methoxy groups -OCH3 is 1. The van der Waals surface area contributed by atoms with Crippen LogP contribution in [0.5, 0.6) is 0 Å². The molecule has 16 heavy (non-hydrogen) atoms. The predicted molar refractivity (Wildman–Crippen MR) is 58.9 cm³/mol. The van der Waals surface area contributed by atoms with E-state index < -0.39 is 0 Å². The molecule has 0 atom stereocenters. The third-order valence-electron chi connectivity index (χ3n) is 2.14. The molecule has 0 aliphatic heterocycles. The van der Waals surface area contributed by atoms with Crippen LogP contribution in [0.15, 0.2) is 0 Å². The zero-order valence-electron chi connectivity index (χ0n) is 9.54. The molecule has 0 aromatic heterocycles. The quantitative estimate of drug-likeness (QED) is 0.448. The molecule has 1 rings (SSSR count). The third-order valence-corrected chi connectivity index (χ3v) is 2.14. The van der Waals surface area contributed by atoms with Gasteiger partial charge >= 0.3 is 0 Å². The van der Waals surface area contributed by atoms with Crippen molar-refractivity contribution in [3.8, 4) is 0 Å². The smallest absolute Gasteiger partial charge is 0.234 e. The van der Waals surface area contributed by atoms with Gasteiger partial charge in [0, 0.05) is 19.7 Å². The van der Waals surface area contributed by atoms with E-state index in [1.807, 2.05) is 0 Å². The Labute approximate surface area is 95.1 Å². The van der Waals surface area contributed by atoms with Crippen LogP contribution in [0, 0.1) is 0 Å². The minimum absolute atomic E-state index is 0.0489. The molecular formula is C10H19N3O3. The van der Waals surface area contributed by atoms with Gasteiger partial charge in [-0.05, 0) is 12.8 Å². The van der Waals surface area contributed by atoms with Crippen molar-refractivity contribution in [2.24, 2.45) is 0 Å². The topological polar surface area (TPSA) is 79.5 Å². The van der Waals surface area contributed by atoms with Crippen LogP contribution < -0.4 is 16.0 Å². The molecular weight excluding hydrogens is 210 g/mol. The van der Waals surface area contributed by atoms with Gasteiger partial charge in [-0.3, -0.25) is 14.9 Å².